The maximum Gasteiger partial charge on any atom is 0.360 e. The van der Waals surface area contributed by atoms with Crippen LogP contribution in [-0.4, -0.2) is 17.6 Å². The highest BCUT2D eigenvalue weighted by atomic mass is 35.5. The predicted molar refractivity (Wildman–Crippen MR) is 73.0 cm³/mol. The molecule has 0 saturated carbocycles. The van der Waals surface area contributed by atoms with Gasteiger partial charge in [0.15, 0.2) is 5.69 Å². The van der Waals surface area contributed by atoms with Crippen molar-refractivity contribution in [2.24, 2.45) is 0 Å². The Balaban J connectivity index is 2.11. The number of carbonyl (C=O) groups is 1. The Hall–Kier alpha value is -1.17. The zero-order valence-corrected chi connectivity index (χ0v) is 12.2. The summed E-state index contributed by atoms with van der Waals surface area (Å²) in [5.74, 6) is -0.507. The Morgan fingerprint density at radius 1 is 1.42 bits per heavy atom. The lowest BCUT2D eigenvalue weighted by atomic mass is 10.4. The molecule has 0 radical (unpaired) electrons. The second kappa shape index (κ2) is 6.32. The van der Waals surface area contributed by atoms with Crippen LogP contribution in [0.5, 0.6) is 0 Å². The van der Waals surface area contributed by atoms with E-state index in [4.69, 9.17) is 32.4 Å². The third-order valence-corrected chi connectivity index (χ3v) is 3.65. The van der Waals surface area contributed by atoms with Gasteiger partial charge in [-0.2, -0.15) is 4.98 Å². The molecule has 1 heterocycles. The molecule has 0 spiro atoms. The summed E-state index contributed by atoms with van der Waals surface area (Å²) in [5.41, 5.74) is 0.143. The zero-order valence-electron chi connectivity index (χ0n) is 9.85. The molecular weight excluding hydrogens is 309 g/mol. The van der Waals surface area contributed by atoms with E-state index in [0.717, 1.165) is 4.90 Å². The van der Waals surface area contributed by atoms with E-state index in [2.05, 4.69) is 4.98 Å². The number of carbonyl (C=O) groups excluding carboxylic acids is 1. The molecule has 7 heteroatoms. The lowest BCUT2D eigenvalue weighted by molar-refractivity contribution is 0.0519. The first-order chi connectivity index (χ1) is 9.10. The molecule has 0 aliphatic heterocycles. The molecule has 0 unspecified atom stereocenters. The van der Waals surface area contributed by atoms with E-state index in [9.17, 15) is 4.79 Å². The van der Waals surface area contributed by atoms with Gasteiger partial charge in [-0.25, -0.2) is 4.79 Å². The summed E-state index contributed by atoms with van der Waals surface area (Å²) in [6.07, 6.45) is 1.26. The topological polar surface area (TPSA) is 52.3 Å². The number of halogens is 2. The molecule has 2 aromatic rings. The summed E-state index contributed by atoms with van der Waals surface area (Å²) in [6, 6.07) is 5.16. The normalized spacial score (nSPS) is 10.5. The highest BCUT2D eigenvalue weighted by Gasteiger charge is 2.14. The first-order valence-corrected chi connectivity index (χ1v) is 6.93. The van der Waals surface area contributed by atoms with Gasteiger partial charge in [0.25, 0.3) is 5.22 Å². The van der Waals surface area contributed by atoms with E-state index in [1.54, 1.807) is 25.1 Å². The molecule has 0 aliphatic rings. The van der Waals surface area contributed by atoms with Crippen molar-refractivity contribution in [3.05, 3.63) is 40.2 Å². The number of oxazole rings is 1. The largest absolute Gasteiger partial charge is 0.461 e. The third kappa shape index (κ3) is 3.65. The van der Waals surface area contributed by atoms with Crippen LogP contribution >= 0.6 is 35.0 Å². The Morgan fingerprint density at radius 3 is 2.89 bits per heavy atom. The van der Waals surface area contributed by atoms with Gasteiger partial charge in [0.2, 0.25) is 0 Å². The first kappa shape index (κ1) is 14.2. The summed E-state index contributed by atoms with van der Waals surface area (Å²) in [5, 5.41) is 1.26. The molecule has 100 valence electrons. The average molecular weight is 318 g/mol. The van der Waals surface area contributed by atoms with Crippen LogP contribution in [0.1, 0.15) is 17.4 Å². The monoisotopic (exact) mass is 317 g/mol. The number of aromatic nitrogens is 1. The number of hydrogen-bond donors (Lipinski definition) is 0. The van der Waals surface area contributed by atoms with Gasteiger partial charge in [-0.3, -0.25) is 0 Å². The molecule has 4 nitrogen and oxygen atoms in total. The van der Waals surface area contributed by atoms with Crippen LogP contribution in [0.2, 0.25) is 10.0 Å². The molecular formula is C12H9Cl2NO3S. The molecule has 0 atom stereocenters. The highest BCUT2D eigenvalue weighted by Crippen LogP contribution is 2.32. The predicted octanol–water partition coefficient (Wildman–Crippen LogP) is 4.31. The molecule has 0 bridgehead atoms. The van der Waals surface area contributed by atoms with Gasteiger partial charge >= 0.3 is 5.97 Å². The number of nitrogens with zero attached hydrogens (tertiary/aromatic N) is 1. The van der Waals surface area contributed by atoms with Crippen molar-refractivity contribution < 1.29 is 13.9 Å². The first-order valence-electron chi connectivity index (χ1n) is 5.35. The zero-order chi connectivity index (χ0) is 13.8. The van der Waals surface area contributed by atoms with Crippen LogP contribution in [0.3, 0.4) is 0 Å². The maximum absolute atomic E-state index is 11.4. The lowest BCUT2D eigenvalue weighted by Gasteiger charge is -1.99. The molecule has 1 aromatic heterocycles. The van der Waals surface area contributed by atoms with Crippen LogP contribution in [0.25, 0.3) is 0 Å². The molecule has 0 saturated heterocycles. The van der Waals surface area contributed by atoms with Crippen molar-refractivity contribution >= 4 is 40.9 Å². The van der Waals surface area contributed by atoms with Crippen molar-refractivity contribution in [1.29, 1.82) is 0 Å². The van der Waals surface area contributed by atoms with Crippen molar-refractivity contribution in [2.45, 2.75) is 17.0 Å². The fourth-order valence-electron chi connectivity index (χ4n) is 1.24. The third-order valence-electron chi connectivity index (χ3n) is 2.06. The standard InChI is InChI=1S/C12H9Cl2NO3S/c1-2-17-11(16)10-6-18-12(15-10)19-7-3-4-8(13)9(14)5-7/h3-6H,2H2,1H3. The summed E-state index contributed by atoms with van der Waals surface area (Å²) < 4.78 is 10.00. The molecule has 0 aliphatic carbocycles. The SMILES string of the molecule is CCOC(=O)c1coc(Sc2ccc(Cl)c(Cl)c2)n1. The Bertz CT molecular complexity index is 600. The van der Waals surface area contributed by atoms with Crippen molar-refractivity contribution in [2.75, 3.05) is 6.61 Å². The van der Waals surface area contributed by atoms with E-state index in [-0.39, 0.29) is 5.69 Å². The second-order valence-corrected chi connectivity index (χ2v) is 5.24. The molecule has 0 N–H and O–H groups in total. The van der Waals surface area contributed by atoms with Crippen molar-refractivity contribution in [3.8, 4) is 0 Å². The van der Waals surface area contributed by atoms with E-state index in [1.807, 2.05) is 0 Å². The number of benzene rings is 1. The van der Waals surface area contributed by atoms with Gasteiger partial charge in [0, 0.05) is 4.90 Å². The lowest BCUT2D eigenvalue weighted by Crippen LogP contribution is -2.04. The van der Waals surface area contributed by atoms with Crippen LogP contribution < -0.4 is 0 Å². The number of rotatable bonds is 4. The minimum Gasteiger partial charge on any atom is -0.461 e. The van der Waals surface area contributed by atoms with Gasteiger partial charge in [-0.15, -0.1) is 0 Å². The van der Waals surface area contributed by atoms with Crippen LogP contribution in [-0.2, 0) is 4.74 Å². The minimum absolute atomic E-state index is 0.143. The Labute approximate surface area is 124 Å². The molecule has 19 heavy (non-hydrogen) atoms. The quantitative estimate of drug-likeness (QED) is 0.786. The number of esters is 1. The van der Waals surface area contributed by atoms with Gasteiger partial charge in [-0.1, -0.05) is 23.2 Å². The molecule has 2 rings (SSSR count). The van der Waals surface area contributed by atoms with E-state index in [0.29, 0.717) is 21.9 Å². The fraction of sp³-hybridized carbons (Fsp3) is 0.167. The van der Waals surface area contributed by atoms with Crippen molar-refractivity contribution in [3.63, 3.8) is 0 Å². The van der Waals surface area contributed by atoms with Gasteiger partial charge in [-0.05, 0) is 36.9 Å². The van der Waals surface area contributed by atoms with E-state index >= 15 is 0 Å². The average Bonchev–Trinajstić information content (AvgIpc) is 2.83. The fourth-order valence-corrected chi connectivity index (χ4v) is 2.36. The highest BCUT2D eigenvalue weighted by molar-refractivity contribution is 7.99. The molecule has 1 aromatic carbocycles. The van der Waals surface area contributed by atoms with Crippen LogP contribution in [0, 0.1) is 0 Å². The van der Waals surface area contributed by atoms with Gasteiger partial charge in [0.05, 0.1) is 16.7 Å². The van der Waals surface area contributed by atoms with Crippen LogP contribution in [0.4, 0.5) is 0 Å². The van der Waals surface area contributed by atoms with Gasteiger partial charge < -0.3 is 9.15 Å². The van der Waals surface area contributed by atoms with E-state index in [1.165, 1.54) is 18.0 Å². The smallest absolute Gasteiger partial charge is 0.360 e. The summed E-state index contributed by atoms with van der Waals surface area (Å²) in [4.78, 5) is 16.3. The summed E-state index contributed by atoms with van der Waals surface area (Å²) in [7, 11) is 0. The summed E-state index contributed by atoms with van der Waals surface area (Å²) in [6.45, 7) is 2.02. The number of hydrogen-bond acceptors (Lipinski definition) is 5. The molecule has 0 fully saturated rings. The maximum atomic E-state index is 11.4. The van der Waals surface area contributed by atoms with Crippen molar-refractivity contribution in [1.82, 2.24) is 4.98 Å². The minimum atomic E-state index is -0.507. The molecule has 0 amide bonds. The summed E-state index contributed by atoms with van der Waals surface area (Å²) >= 11 is 13.0. The van der Waals surface area contributed by atoms with Gasteiger partial charge in [0.1, 0.15) is 6.26 Å². The number of ether oxygens (including phenoxy) is 1. The Morgan fingerprint density at radius 2 is 2.21 bits per heavy atom. The Kier molecular flexibility index (Phi) is 4.74. The van der Waals surface area contributed by atoms with E-state index < -0.39 is 5.97 Å². The van der Waals surface area contributed by atoms with Crippen LogP contribution in [0.15, 0.2) is 39.0 Å². The second-order valence-electron chi connectivity index (χ2n) is 3.40.